The molecule has 24 nitrogen and oxygen atoms in total. The average molecular weight is 1170 g/mol. The third-order valence-electron chi connectivity index (χ3n) is 13.8. The van der Waals surface area contributed by atoms with Crippen LogP contribution in [-0.4, -0.2) is 131 Å². The number of nitrogens with zero attached hydrogens (tertiary/aromatic N) is 5. The van der Waals surface area contributed by atoms with E-state index in [4.69, 9.17) is 17.5 Å². The van der Waals surface area contributed by atoms with Crippen molar-refractivity contribution in [1.29, 1.82) is 0 Å². The number of carbonyl (C=O) groups excluding carboxylic acids is 4. The van der Waals surface area contributed by atoms with E-state index in [1.807, 2.05) is 42.7 Å². The number of aromatic amines is 1. The number of H-pyrrole nitrogens is 1. The van der Waals surface area contributed by atoms with Gasteiger partial charge in [0.05, 0.1) is 16.1 Å². The molecule has 3 amide bonds. The normalized spacial score (nSPS) is 17.3. The standard InChI is InChI=1S/C53H71N9O12S2.O3S/c1-6-32-60-42-24-22-37(2)35-40(42)53(5,44(60)19-11-7-10-18-43-52(3,4)39-36-38(76(71,72)73)23-25-41(39)61(43)33-17-34-75(68,69)70)28-14-8-12-20-45(63)54-30-16-31-56-50-57-49(58-51(67)59-50)55-29-15-9-13-21-48(66)74-62-46(64)26-27-47(62)65;1-4(2)3/h7,10-11,18-19,22-25,35-36H,6,8-9,12-17,20-21,26-34H2,1-5H3,(H5-,54,55,56,57,58,59,63,67,68,69,70,71,72,73);/p+1. The van der Waals surface area contributed by atoms with Crippen LogP contribution in [0, 0.1) is 6.92 Å². The Bertz CT molecular complexity index is 3280. The Morgan fingerprint density at radius 2 is 1.51 bits per heavy atom. The van der Waals surface area contributed by atoms with E-state index in [2.05, 4.69) is 80.8 Å². The van der Waals surface area contributed by atoms with Crippen LogP contribution in [-0.2, 0) is 65.7 Å². The molecule has 6 rings (SSSR count). The summed E-state index contributed by atoms with van der Waals surface area (Å²) in [5.41, 5.74) is 5.27. The lowest BCUT2D eigenvalue weighted by Gasteiger charge is -2.30. The highest BCUT2D eigenvalue weighted by Gasteiger charge is 2.45. The second-order valence-corrected chi connectivity index (χ2v) is 23.7. The predicted molar refractivity (Wildman–Crippen MR) is 298 cm³/mol. The number of nitrogens with one attached hydrogen (secondary N) is 4. The van der Waals surface area contributed by atoms with Crippen molar-refractivity contribution < 1.29 is 67.2 Å². The number of aryl methyl sites for hydroxylation is 1. The molecule has 1 aromatic heterocycles. The summed E-state index contributed by atoms with van der Waals surface area (Å²) in [7, 11) is -11.8. The number of aromatic nitrogens is 3. The van der Waals surface area contributed by atoms with Crippen LogP contribution in [0.1, 0.15) is 134 Å². The van der Waals surface area contributed by atoms with Gasteiger partial charge in [0.25, 0.3) is 32.1 Å². The number of hydrogen-bond donors (Lipinski definition) is 6. The maximum Gasteiger partial charge on any atom is 0.425 e. The zero-order valence-corrected chi connectivity index (χ0v) is 48.1. The van der Waals surface area contributed by atoms with Gasteiger partial charge in [-0.3, -0.25) is 28.5 Å². The number of unbranched alkanes of at least 4 members (excludes halogenated alkanes) is 4. The molecular formula is C53H72N9O15S3+. The molecule has 1 saturated heterocycles. The lowest BCUT2D eigenvalue weighted by molar-refractivity contribution is -0.437. The topological polar surface area (TPSA) is 342 Å². The van der Waals surface area contributed by atoms with Crippen LogP contribution >= 0.6 is 0 Å². The fourth-order valence-electron chi connectivity index (χ4n) is 9.89. The highest BCUT2D eigenvalue weighted by molar-refractivity contribution is 7.86. The Hall–Kier alpha value is -6.94. The van der Waals surface area contributed by atoms with Gasteiger partial charge in [-0.05, 0) is 96.1 Å². The van der Waals surface area contributed by atoms with E-state index in [9.17, 15) is 49.9 Å². The Morgan fingerprint density at radius 1 is 0.825 bits per heavy atom. The second kappa shape index (κ2) is 29.0. The van der Waals surface area contributed by atoms with E-state index < -0.39 is 65.5 Å². The number of benzene rings is 2. The van der Waals surface area contributed by atoms with Crippen molar-refractivity contribution in [2.75, 3.05) is 54.0 Å². The van der Waals surface area contributed by atoms with Crippen molar-refractivity contribution in [2.45, 2.75) is 140 Å². The molecule has 80 heavy (non-hydrogen) atoms. The van der Waals surface area contributed by atoms with Crippen LogP contribution in [0.4, 0.5) is 23.3 Å². The number of rotatable bonds is 29. The van der Waals surface area contributed by atoms with Crippen LogP contribution in [0.2, 0.25) is 0 Å². The van der Waals surface area contributed by atoms with Gasteiger partial charge < -0.3 is 25.7 Å². The molecular weight excluding hydrogens is 1100 g/mol. The highest BCUT2D eigenvalue weighted by atomic mass is 32.2. The summed E-state index contributed by atoms with van der Waals surface area (Å²) < 4.78 is 93.9. The molecule has 1 fully saturated rings. The minimum absolute atomic E-state index is 0.0381. The Labute approximate surface area is 467 Å². The fourth-order valence-corrected chi connectivity index (χ4v) is 10.9. The maximum absolute atomic E-state index is 12.9. The molecule has 1 atom stereocenters. The number of allylic oxidation sites excluding steroid dienone is 6. The highest BCUT2D eigenvalue weighted by Crippen LogP contribution is 2.51. The quantitative estimate of drug-likeness (QED) is 0.0159. The number of amides is 3. The van der Waals surface area contributed by atoms with Gasteiger partial charge in [0.1, 0.15) is 6.54 Å². The van der Waals surface area contributed by atoms with E-state index in [1.165, 1.54) is 34.6 Å². The smallest absolute Gasteiger partial charge is 0.356 e. The van der Waals surface area contributed by atoms with Crippen LogP contribution in [0.5, 0.6) is 0 Å². The van der Waals surface area contributed by atoms with Gasteiger partial charge in [0, 0.05) is 92.8 Å². The Balaban J connectivity index is 0.00000284. The first-order valence-electron chi connectivity index (χ1n) is 26.5. The molecule has 2 aromatic carbocycles. The van der Waals surface area contributed by atoms with E-state index in [-0.39, 0.29) is 60.3 Å². The number of fused-ring (bicyclic) bond motifs is 2. The van der Waals surface area contributed by atoms with Gasteiger partial charge in [0.2, 0.25) is 23.5 Å². The third-order valence-corrected chi connectivity index (χ3v) is 15.4. The van der Waals surface area contributed by atoms with Gasteiger partial charge >= 0.3 is 22.3 Å². The zero-order valence-electron chi connectivity index (χ0n) is 45.7. The SMILES string of the molecule is CCCN1C(=CC=CC=CC2=[N+](CCCS(=O)(=O)O)c3ccc(S(=O)(=O)O)cc3C2(C)C)C(C)(CCCCCC(=O)NCCCNc2nc(NCCCCCC(=O)ON3C(=O)CCC3=O)[nH]c(=O)n2)c2cc(C)ccc21.O=S(=O)=O. The summed E-state index contributed by atoms with van der Waals surface area (Å²) in [5.74, 6) is -1.79. The van der Waals surface area contributed by atoms with Gasteiger partial charge in [-0.25, -0.2) is 9.59 Å². The number of hydroxylamine groups is 2. The first-order valence-corrected chi connectivity index (χ1v) is 30.5. The van der Waals surface area contributed by atoms with Crippen molar-refractivity contribution in [1.82, 2.24) is 25.3 Å². The minimum atomic E-state index is -4.48. The second-order valence-electron chi connectivity index (χ2n) is 20.3. The average Bonchev–Trinajstić information content (AvgIpc) is 4.11. The zero-order chi connectivity index (χ0) is 58.8. The number of anilines is 3. The van der Waals surface area contributed by atoms with E-state index in [0.29, 0.717) is 68.1 Å². The summed E-state index contributed by atoms with van der Waals surface area (Å²) in [5, 5.41) is 9.58. The third kappa shape index (κ3) is 18.3. The molecule has 0 bridgehead atoms. The molecule has 0 aliphatic carbocycles. The molecule has 1 unspecified atom stereocenters. The van der Waals surface area contributed by atoms with Crippen molar-refractivity contribution in [2.24, 2.45) is 0 Å². The Morgan fingerprint density at radius 3 is 2.20 bits per heavy atom. The predicted octanol–water partition coefficient (Wildman–Crippen LogP) is 5.70. The number of hydrogen-bond acceptors (Lipinski definition) is 18. The molecule has 3 aromatic rings. The van der Waals surface area contributed by atoms with E-state index >= 15 is 0 Å². The molecule has 6 N–H and O–H groups in total. The summed E-state index contributed by atoms with van der Waals surface area (Å²) >= 11 is 0. The van der Waals surface area contributed by atoms with Crippen molar-refractivity contribution in [3.8, 4) is 0 Å². The summed E-state index contributed by atoms with van der Waals surface area (Å²) in [6, 6.07) is 11.0. The van der Waals surface area contributed by atoms with Crippen LogP contribution in [0.15, 0.2) is 82.2 Å². The van der Waals surface area contributed by atoms with Gasteiger partial charge in [0.15, 0.2) is 5.71 Å². The van der Waals surface area contributed by atoms with Crippen LogP contribution in [0.25, 0.3) is 0 Å². The van der Waals surface area contributed by atoms with E-state index in [0.717, 1.165) is 44.4 Å². The van der Waals surface area contributed by atoms with Crippen molar-refractivity contribution >= 4 is 83.5 Å². The molecule has 4 heterocycles. The summed E-state index contributed by atoms with van der Waals surface area (Å²) in [6.07, 6.45) is 17.1. The lowest BCUT2D eigenvalue weighted by atomic mass is 9.76. The molecule has 436 valence electrons. The summed E-state index contributed by atoms with van der Waals surface area (Å²) in [6.45, 7) is 12.8. The molecule has 3 aliphatic heterocycles. The first-order chi connectivity index (χ1) is 37.7. The molecule has 0 spiro atoms. The lowest BCUT2D eigenvalue weighted by Crippen LogP contribution is -2.31. The number of imide groups is 1. The van der Waals surface area contributed by atoms with Crippen LogP contribution < -0.4 is 26.5 Å². The molecule has 0 saturated carbocycles. The maximum atomic E-state index is 12.9. The molecule has 27 heteroatoms. The first kappa shape index (κ1) is 63.9. The largest absolute Gasteiger partial charge is 0.425 e. The van der Waals surface area contributed by atoms with E-state index in [1.54, 1.807) is 6.07 Å². The van der Waals surface area contributed by atoms with Crippen molar-refractivity contribution in [3.63, 3.8) is 0 Å². The Kier molecular flexibility index (Phi) is 23.1. The molecule has 3 aliphatic rings. The molecule has 0 radical (unpaired) electrons. The summed E-state index contributed by atoms with van der Waals surface area (Å²) in [4.78, 5) is 78.0. The van der Waals surface area contributed by atoms with Gasteiger partial charge in [-0.15, -0.1) is 17.7 Å². The minimum Gasteiger partial charge on any atom is -0.356 e. The van der Waals surface area contributed by atoms with Gasteiger partial charge in [-0.1, -0.05) is 62.1 Å². The van der Waals surface area contributed by atoms with Crippen molar-refractivity contribution in [3.05, 3.63) is 99.6 Å². The van der Waals surface area contributed by atoms with Crippen LogP contribution in [0.3, 0.4) is 0 Å². The van der Waals surface area contributed by atoms with Gasteiger partial charge in [-0.2, -0.15) is 31.4 Å². The number of carbonyl (C=O) groups is 4. The fraction of sp³-hybridized carbons (Fsp3) is 0.509. The monoisotopic (exact) mass is 1170 g/mol.